The Morgan fingerprint density at radius 1 is 1.05 bits per heavy atom. The fraction of sp³-hybridized carbons (Fsp3) is 0.333. The molecule has 21 heavy (non-hydrogen) atoms. The third-order valence-electron chi connectivity index (χ3n) is 3.19. The molecule has 0 aliphatic carbocycles. The van der Waals surface area contributed by atoms with Gasteiger partial charge in [0.2, 0.25) is 0 Å². The largest absolute Gasteiger partial charge is 0.494 e. The second-order valence-electron chi connectivity index (χ2n) is 5.10. The first kappa shape index (κ1) is 15.9. The lowest BCUT2D eigenvalue weighted by Crippen LogP contribution is -2.01. The van der Waals surface area contributed by atoms with Crippen LogP contribution < -0.4 is 10.5 Å². The van der Waals surface area contributed by atoms with Gasteiger partial charge in [0.15, 0.2) is 0 Å². The molecule has 2 rings (SSSR count). The Kier molecular flexibility index (Phi) is 6.64. The van der Waals surface area contributed by atoms with Crippen LogP contribution in [0.1, 0.15) is 23.1 Å². The molecule has 2 N–H and O–H groups in total. The second kappa shape index (κ2) is 8.75. The molecule has 2 nitrogen and oxygen atoms in total. The lowest BCUT2D eigenvalue weighted by molar-refractivity contribution is 0.318. The van der Waals surface area contributed by atoms with Gasteiger partial charge < -0.3 is 10.5 Å². The molecule has 0 spiro atoms. The van der Waals surface area contributed by atoms with Crippen LogP contribution in [0.5, 0.6) is 5.75 Å². The van der Waals surface area contributed by atoms with E-state index in [0.29, 0.717) is 6.54 Å². The van der Waals surface area contributed by atoms with Gasteiger partial charge in [0, 0.05) is 12.3 Å². The average molecular weight is 301 g/mol. The molecule has 0 amide bonds. The topological polar surface area (TPSA) is 35.2 Å². The molecule has 0 aliphatic rings. The van der Waals surface area contributed by atoms with Gasteiger partial charge in [-0.05, 0) is 42.4 Å². The van der Waals surface area contributed by atoms with Crippen molar-refractivity contribution in [2.45, 2.75) is 25.6 Å². The van der Waals surface area contributed by atoms with Crippen LogP contribution in [-0.4, -0.2) is 12.4 Å². The maximum absolute atomic E-state index is 5.75. The summed E-state index contributed by atoms with van der Waals surface area (Å²) in [6.07, 6.45) is 1.06. The van der Waals surface area contributed by atoms with Gasteiger partial charge >= 0.3 is 0 Å². The van der Waals surface area contributed by atoms with Crippen molar-refractivity contribution in [2.24, 2.45) is 5.73 Å². The zero-order valence-corrected chi connectivity index (χ0v) is 13.4. The predicted molar refractivity (Wildman–Crippen MR) is 91.8 cm³/mol. The van der Waals surface area contributed by atoms with Crippen molar-refractivity contribution in [2.75, 3.05) is 12.4 Å². The molecular formula is C18H23NOS. The highest BCUT2D eigenvalue weighted by Gasteiger charge is 1.97. The van der Waals surface area contributed by atoms with Crippen LogP contribution >= 0.6 is 11.8 Å². The summed E-state index contributed by atoms with van der Waals surface area (Å²) < 4.78 is 5.75. The van der Waals surface area contributed by atoms with Gasteiger partial charge in [-0.2, -0.15) is 11.8 Å². The lowest BCUT2D eigenvalue weighted by Gasteiger charge is -2.07. The first-order valence-electron chi connectivity index (χ1n) is 7.33. The second-order valence-corrected chi connectivity index (χ2v) is 6.20. The van der Waals surface area contributed by atoms with Crippen molar-refractivity contribution in [3.8, 4) is 5.75 Å². The molecule has 2 aromatic carbocycles. The zero-order valence-electron chi connectivity index (χ0n) is 12.5. The van der Waals surface area contributed by atoms with Gasteiger partial charge in [0.05, 0.1) is 6.61 Å². The highest BCUT2D eigenvalue weighted by Crippen LogP contribution is 2.16. The fourth-order valence-electron chi connectivity index (χ4n) is 2.11. The van der Waals surface area contributed by atoms with Crippen LogP contribution in [0.15, 0.2) is 48.5 Å². The third kappa shape index (κ3) is 5.82. The summed E-state index contributed by atoms with van der Waals surface area (Å²) in [5.74, 6) is 3.11. The zero-order chi connectivity index (χ0) is 14.9. The average Bonchev–Trinajstić information content (AvgIpc) is 2.51. The van der Waals surface area contributed by atoms with Gasteiger partial charge in [0.25, 0.3) is 0 Å². The number of ether oxygens (including phenoxy) is 1. The first-order chi connectivity index (χ1) is 10.3. The van der Waals surface area contributed by atoms with E-state index in [9.17, 15) is 0 Å². The summed E-state index contributed by atoms with van der Waals surface area (Å²) in [5, 5.41) is 0. The summed E-state index contributed by atoms with van der Waals surface area (Å²) in [4.78, 5) is 0. The van der Waals surface area contributed by atoms with Crippen molar-refractivity contribution in [3.05, 3.63) is 65.2 Å². The van der Waals surface area contributed by atoms with Gasteiger partial charge in [-0.3, -0.25) is 0 Å². The number of benzene rings is 2. The molecule has 0 saturated carbocycles. The number of hydrogen-bond acceptors (Lipinski definition) is 3. The maximum atomic E-state index is 5.75. The van der Waals surface area contributed by atoms with E-state index in [1.54, 1.807) is 0 Å². The molecule has 0 atom stereocenters. The Morgan fingerprint density at radius 2 is 1.86 bits per heavy atom. The number of hydrogen-bond donors (Lipinski definition) is 1. The maximum Gasteiger partial charge on any atom is 0.119 e. The van der Waals surface area contributed by atoms with E-state index < -0.39 is 0 Å². The van der Waals surface area contributed by atoms with Crippen LogP contribution in [0, 0.1) is 6.92 Å². The highest BCUT2D eigenvalue weighted by molar-refractivity contribution is 7.98. The number of thioether (sulfide) groups is 1. The number of rotatable bonds is 8. The predicted octanol–water partition coefficient (Wildman–Crippen LogP) is 4.16. The molecular weight excluding hydrogens is 278 g/mol. The van der Waals surface area contributed by atoms with Gasteiger partial charge in [-0.25, -0.2) is 0 Å². The number of aryl methyl sites for hydroxylation is 1. The van der Waals surface area contributed by atoms with Gasteiger partial charge in [-0.1, -0.05) is 42.0 Å². The van der Waals surface area contributed by atoms with Crippen LogP contribution in [0.2, 0.25) is 0 Å². The van der Waals surface area contributed by atoms with Crippen molar-refractivity contribution in [1.29, 1.82) is 0 Å². The number of nitrogens with two attached hydrogens (primary N) is 1. The normalized spacial score (nSPS) is 10.6. The molecule has 0 fully saturated rings. The fourth-order valence-corrected chi connectivity index (χ4v) is 2.99. The van der Waals surface area contributed by atoms with E-state index in [1.165, 1.54) is 11.1 Å². The van der Waals surface area contributed by atoms with Crippen LogP contribution in [0.4, 0.5) is 0 Å². The van der Waals surface area contributed by atoms with E-state index in [1.807, 2.05) is 36.0 Å². The Bertz CT molecular complexity index is 556. The minimum absolute atomic E-state index is 0.559. The first-order valence-corrected chi connectivity index (χ1v) is 8.48. The molecule has 0 radical (unpaired) electrons. The summed E-state index contributed by atoms with van der Waals surface area (Å²) in [6.45, 7) is 3.45. The van der Waals surface area contributed by atoms with Crippen LogP contribution in [-0.2, 0) is 12.3 Å². The minimum Gasteiger partial charge on any atom is -0.494 e. The van der Waals surface area contributed by atoms with Crippen LogP contribution in [0.3, 0.4) is 0 Å². The standard InChI is InChI=1S/C18H23NOS/c1-15-5-2-7-17(11-15)14-21-10-4-9-20-18-8-3-6-16(12-18)13-19/h2-3,5-8,11-12H,4,9-10,13-14,19H2,1H3. The SMILES string of the molecule is Cc1cccc(CSCCCOc2cccc(CN)c2)c1. The molecule has 0 unspecified atom stereocenters. The molecule has 2 aromatic rings. The van der Waals surface area contributed by atoms with Gasteiger partial charge in [0.1, 0.15) is 5.75 Å². The molecule has 0 aromatic heterocycles. The summed E-state index contributed by atoms with van der Waals surface area (Å²) in [6, 6.07) is 16.7. The minimum atomic E-state index is 0.559. The Hall–Kier alpha value is -1.45. The van der Waals surface area contributed by atoms with E-state index in [0.717, 1.165) is 35.8 Å². The molecule has 112 valence electrons. The van der Waals surface area contributed by atoms with Crippen molar-refractivity contribution in [3.63, 3.8) is 0 Å². The smallest absolute Gasteiger partial charge is 0.119 e. The third-order valence-corrected chi connectivity index (χ3v) is 4.30. The van der Waals surface area contributed by atoms with Crippen molar-refractivity contribution in [1.82, 2.24) is 0 Å². The summed E-state index contributed by atoms with van der Waals surface area (Å²) in [7, 11) is 0. The van der Waals surface area contributed by atoms with E-state index in [4.69, 9.17) is 10.5 Å². The van der Waals surface area contributed by atoms with Crippen LogP contribution in [0.25, 0.3) is 0 Å². The molecule has 0 heterocycles. The van der Waals surface area contributed by atoms with E-state index in [-0.39, 0.29) is 0 Å². The summed E-state index contributed by atoms with van der Waals surface area (Å²) in [5.41, 5.74) is 9.46. The van der Waals surface area contributed by atoms with Crippen molar-refractivity contribution >= 4 is 11.8 Å². The van der Waals surface area contributed by atoms with E-state index in [2.05, 4.69) is 31.2 Å². The molecule has 0 saturated heterocycles. The molecule has 0 bridgehead atoms. The Labute approximate surface area is 131 Å². The lowest BCUT2D eigenvalue weighted by atomic mass is 10.2. The summed E-state index contributed by atoms with van der Waals surface area (Å²) >= 11 is 1.96. The monoisotopic (exact) mass is 301 g/mol. The molecule has 3 heteroatoms. The molecule has 0 aliphatic heterocycles. The van der Waals surface area contributed by atoms with E-state index >= 15 is 0 Å². The quantitative estimate of drug-likeness (QED) is 0.744. The van der Waals surface area contributed by atoms with Gasteiger partial charge in [-0.15, -0.1) is 0 Å². The Balaban J connectivity index is 1.61. The van der Waals surface area contributed by atoms with Crippen molar-refractivity contribution < 1.29 is 4.74 Å². The Morgan fingerprint density at radius 3 is 2.67 bits per heavy atom. The highest BCUT2D eigenvalue weighted by atomic mass is 32.2.